The summed E-state index contributed by atoms with van der Waals surface area (Å²) in [6, 6.07) is -1.04. The van der Waals surface area contributed by atoms with Crippen molar-refractivity contribution < 1.29 is 19.5 Å². The maximum atomic E-state index is 12.1. The van der Waals surface area contributed by atoms with E-state index in [2.05, 4.69) is 4.74 Å². The van der Waals surface area contributed by atoms with E-state index in [4.69, 9.17) is 0 Å². The predicted molar refractivity (Wildman–Crippen MR) is 60.1 cm³/mol. The van der Waals surface area contributed by atoms with E-state index in [0.29, 0.717) is 5.06 Å². The maximum Gasteiger partial charge on any atom is 0.334 e. The Morgan fingerprint density at radius 2 is 1.47 bits per heavy atom. The predicted octanol–water partition coefficient (Wildman–Crippen LogP) is 1.55. The van der Waals surface area contributed by atoms with Gasteiger partial charge in [-0.2, -0.15) is 0 Å². The molecule has 0 aliphatic carbocycles. The van der Waals surface area contributed by atoms with Gasteiger partial charge < -0.3 is 4.74 Å². The average Bonchev–Trinajstić information content (AvgIpc) is 2.36. The SMILES string of the molecule is CC(C)(C)C1C(=O)OC(=O)C1N([O])C(C)(C)C. The summed E-state index contributed by atoms with van der Waals surface area (Å²) >= 11 is 0. The fourth-order valence-corrected chi connectivity index (χ4v) is 1.96. The van der Waals surface area contributed by atoms with Crippen LogP contribution in [-0.4, -0.2) is 28.6 Å². The molecule has 0 amide bonds. The molecule has 1 aliphatic heterocycles. The highest BCUT2D eigenvalue weighted by molar-refractivity contribution is 5.99. The van der Waals surface area contributed by atoms with Gasteiger partial charge in [-0.1, -0.05) is 20.8 Å². The molecule has 0 aromatic carbocycles. The topological polar surface area (TPSA) is 66.5 Å². The normalized spacial score (nSPS) is 26.6. The van der Waals surface area contributed by atoms with Crippen LogP contribution < -0.4 is 0 Å². The second kappa shape index (κ2) is 4.07. The molecule has 0 N–H and O–H groups in total. The molecule has 97 valence electrons. The monoisotopic (exact) mass is 242 g/mol. The highest BCUT2D eigenvalue weighted by Crippen LogP contribution is 2.38. The molecule has 5 heteroatoms. The minimum atomic E-state index is -1.04. The molecular weight excluding hydrogens is 222 g/mol. The first-order valence-electron chi connectivity index (χ1n) is 5.68. The number of carbonyl (C=O) groups is 2. The maximum absolute atomic E-state index is 12.1. The number of hydrogen-bond donors (Lipinski definition) is 0. The summed E-state index contributed by atoms with van der Waals surface area (Å²) in [5.74, 6) is -2.05. The minimum Gasteiger partial charge on any atom is -0.392 e. The Bertz CT molecular complexity index is 337. The second-order valence-corrected chi connectivity index (χ2v) is 6.53. The third kappa shape index (κ3) is 2.66. The number of ether oxygens (including phenoxy) is 1. The summed E-state index contributed by atoms with van der Waals surface area (Å²) in [4.78, 5) is 23.3. The number of nitrogens with zero attached hydrogens (tertiary/aromatic N) is 1. The molecule has 0 saturated carbocycles. The molecule has 1 heterocycles. The Hall–Kier alpha value is -0.940. The molecule has 1 fully saturated rings. The Kier molecular flexibility index (Phi) is 3.38. The second-order valence-electron chi connectivity index (χ2n) is 6.53. The highest BCUT2D eigenvalue weighted by atomic mass is 16.6. The van der Waals surface area contributed by atoms with Gasteiger partial charge in [0.25, 0.3) is 0 Å². The van der Waals surface area contributed by atoms with Crippen molar-refractivity contribution in [3.63, 3.8) is 0 Å². The fraction of sp³-hybridized carbons (Fsp3) is 0.833. The van der Waals surface area contributed by atoms with Gasteiger partial charge in [-0.3, -0.25) is 4.79 Å². The van der Waals surface area contributed by atoms with Crippen LogP contribution in [0.4, 0.5) is 0 Å². The molecule has 0 aromatic rings. The summed E-state index contributed by atoms with van der Waals surface area (Å²) < 4.78 is 4.61. The van der Waals surface area contributed by atoms with Crippen molar-refractivity contribution in [1.82, 2.24) is 5.06 Å². The van der Waals surface area contributed by atoms with E-state index in [9.17, 15) is 14.8 Å². The minimum absolute atomic E-state index is 0.484. The van der Waals surface area contributed by atoms with Gasteiger partial charge >= 0.3 is 11.9 Å². The van der Waals surface area contributed by atoms with Crippen LogP contribution in [-0.2, 0) is 19.5 Å². The molecule has 1 aliphatic rings. The molecule has 2 unspecified atom stereocenters. The van der Waals surface area contributed by atoms with E-state index < -0.39 is 34.9 Å². The van der Waals surface area contributed by atoms with E-state index in [1.54, 1.807) is 20.8 Å². The fourth-order valence-electron chi connectivity index (χ4n) is 1.96. The van der Waals surface area contributed by atoms with Crippen LogP contribution >= 0.6 is 0 Å². The van der Waals surface area contributed by atoms with Gasteiger partial charge in [-0.25, -0.2) is 4.79 Å². The summed E-state index contributed by atoms with van der Waals surface area (Å²) in [5.41, 5.74) is -1.22. The summed E-state index contributed by atoms with van der Waals surface area (Å²) in [7, 11) is 0. The number of hydroxylamine groups is 2. The van der Waals surface area contributed by atoms with E-state index in [0.717, 1.165) is 0 Å². The Morgan fingerprint density at radius 1 is 1.00 bits per heavy atom. The van der Waals surface area contributed by atoms with E-state index in [1.807, 2.05) is 20.8 Å². The lowest BCUT2D eigenvalue weighted by molar-refractivity contribution is -0.246. The van der Waals surface area contributed by atoms with Crippen molar-refractivity contribution in [1.29, 1.82) is 0 Å². The van der Waals surface area contributed by atoms with Crippen LogP contribution in [0.2, 0.25) is 0 Å². The molecule has 0 aromatic heterocycles. The van der Waals surface area contributed by atoms with Crippen molar-refractivity contribution >= 4 is 11.9 Å². The van der Waals surface area contributed by atoms with E-state index >= 15 is 0 Å². The lowest BCUT2D eigenvalue weighted by atomic mass is 9.76. The van der Waals surface area contributed by atoms with Crippen molar-refractivity contribution in [3.05, 3.63) is 0 Å². The van der Waals surface area contributed by atoms with Crippen LogP contribution in [0.3, 0.4) is 0 Å². The van der Waals surface area contributed by atoms with Gasteiger partial charge in [0.15, 0.2) is 6.04 Å². The summed E-state index contributed by atoms with van der Waals surface area (Å²) in [5, 5.41) is 12.8. The van der Waals surface area contributed by atoms with Crippen LogP contribution in [0.15, 0.2) is 0 Å². The van der Waals surface area contributed by atoms with Gasteiger partial charge in [-0.05, 0) is 26.2 Å². The smallest absolute Gasteiger partial charge is 0.334 e. The molecule has 2 atom stereocenters. The van der Waals surface area contributed by atoms with Crippen molar-refractivity contribution in [2.24, 2.45) is 11.3 Å². The van der Waals surface area contributed by atoms with Gasteiger partial charge in [0.2, 0.25) is 0 Å². The third-order valence-corrected chi connectivity index (χ3v) is 2.86. The van der Waals surface area contributed by atoms with E-state index in [-0.39, 0.29) is 0 Å². The molecule has 1 rings (SSSR count). The highest BCUT2D eigenvalue weighted by Gasteiger charge is 2.55. The average molecular weight is 242 g/mol. The molecule has 0 spiro atoms. The zero-order chi connectivity index (χ0) is 13.6. The third-order valence-electron chi connectivity index (χ3n) is 2.86. The lowest BCUT2D eigenvalue weighted by Crippen LogP contribution is -2.52. The number of rotatable bonds is 1. The zero-order valence-corrected chi connectivity index (χ0v) is 11.2. The van der Waals surface area contributed by atoms with Crippen molar-refractivity contribution in [2.75, 3.05) is 0 Å². The van der Waals surface area contributed by atoms with Crippen LogP contribution in [0.25, 0.3) is 0 Å². The first kappa shape index (κ1) is 14.1. The number of hydrogen-bond acceptors (Lipinski definition) is 4. The van der Waals surface area contributed by atoms with Crippen LogP contribution in [0, 0.1) is 11.3 Å². The first-order chi connectivity index (χ1) is 7.46. The van der Waals surface area contributed by atoms with Crippen molar-refractivity contribution in [3.8, 4) is 0 Å². The Morgan fingerprint density at radius 3 is 1.82 bits per heavy atom. The number of cyclic esters (lactones) is 2. The summed E-state index contributed by atoms with van der Waals surface area (Å²) in [6.07, 6.45) is 0. The largest absolute Gasteiger partial charge is 0.392 e. The van der Waals surface area contributed by atoms with Gasteiger partial charge in [0.1, 0.15) is 0 Å². The Labute approximate surface area is 102 Å². The molecule has 1 saturated heterocycles. The number of esters is 2. The molecule has 1 radical (unpaired) electrons. The van der Waals surface area contributed by atoms with Gasteiger partial charge in [-0.15, -0.1) is 10.3 Å². The molecular formula is C12H20NO4. The number of carbonyl (C=O) groups excluding carboxylic acids is 2. The molecule has 0 bridgehead atoms. The van der Waals surface area contributed by atoms with Crippen LogP contribution in [0.1, 0.15) is 41.5 Å². The summed E-state index contributed by atoms with van der Waals surface area (Å²) in [6.45, 7) is 10.6. The quantitative estimate of drug-likeness (QED) is 0.397. The first-order valence-corrected chi connectivity index (χ1v) is 5.68. The zero-order valence-electron chi connectivity index (χ0n) is 11.2. The van der Waals surface area contributed by atoms with Crippen LogP contribution in [0.5, 0.6) is 0 Å². The van der Waals surface area contributed by atoms with E-state index in [1.165, 1.54) is 0 Å². The molecule has 17 heavy (non-hydrogen) atoms. The van der Waals surface area contributed by atoms with Crippen molar-refractivity contribution in [2.45, 2.75) is 53.1 Å². The Balaban J connectivity index is 3.11. The van der Waals surface area contributed by atoms with Gasteiger partial charge in [0.05, 0.1) is 5.92 Å². The lowest BCUT2D eigenvalue weighted by Gasteiger charge is -2.35. The van der Waals surface area contributed by atoms with Gasteiger partial charge in [0, 0.05) is 5.54 Å². The molecule has 5 nitrogen and oxygen atoms in total. The standard InChI is InChI=1S/C12H20NO4/c1-11(2,3)7-8(10(15)17-9(7)14)13(16)12(4,5)6/h7-8H,1-6H3.